The molecule has 2 heterocycles. The molecule has 100 valence electrons. The van der Waals surface area contributed by atoms with Gasteiger partial charge in [0.05, 0.1) is 22.8 Å². The van der Waals surface area contributed by atoms with E-state index >= 15 is 0 Å². The SMILES string of the molecule is COC1CNC(C(=O)NCCc2csc(C)n2)C1. The van der Waals surface area contributed by atoms with E-state index < -0.39 is 0 Å². The van der Waals surface area contributed by atoms with Crippen LogP contribution in [-0.4, -0.2) is 43.2 Å². The first kappa shape index (κ1) is 13.5. The Bertz CT molecular complexity index is 408. The first-order valence-corrected chi connectivity index (χ1v) is 7.02. The molecule has 2 atom stereocenters. The molecule has 0 aliphatic carbocycles. The summed E-state index contributed by atoms with van der Waals surface area (Å²) < 4.78 is 5.22. The first-order valence-electron chi connectivity index (χ1n) is 6.14. The van der Waals surface area contributed by atoms with E-state index in [2.05, 4.69) is 15.6 Å². The van der Waals surface area contributed by atoms with Crippen molar-refractivity contribution >= 4 is 17.2 Å². The lowest BCUT2D eigenvalue weighted by atomic mass is 10.2. The van der Waals surface area contributed by atoms with Crippen LogP contribution in [0.4, 0.5) is 0 Å². The third-order valence-electron chi connectivity index (χ3n) is 3.09. The molecular weight excluding hydrogens is 250 g/mol. The fourth-order valence-electron chi connectivity index (χ4n) is 2.04. The number of aryl methyl sites for hydroxylation is 1. The summed E-state index contributed by atoms with van der Waals surface area (Å²) in [7, 11) is 1.68. The molecule has 0 radical (unpaired) electrons. The van der Waals surface area contributed by atoms with E-state index in [0.717, 1.165) is 30.1 Å². The third-order valence-corrected chi connectivity index (χ3v) is 3.91. The number of thiazole rings is 1. The standard InChI is InChI=1S/C12H19N3O2S/c1-8-15-9(7-18-8)3-4-13-12(16)11-5-10(17-2)6-14-11/h7,10-11,14H,3-6H2,1-2H3,(H,13,16). The van der Waals surface area contributed by atoms with Crippen molar-refractivity contribution in [2.45, 2.75) is 31.9 Å². The highest BCUT2D eigenvalue weighted by Gasteiger charge is 2.28. The van der Waals surface area contributed by atoms with Crippen LogP contribution >= 0.6 is 11.3 Å². The van der Waals surface area contributed by atoms with Crippen LogP contribution in [0.1, 0.15) is 17.1 Å². The highest BCUT2D eigenvalue weighted by Crippen LogP contribution is 2.10. The maximum atomic E-state index is 11.9. The van der Waals surface area contributed by atoms with Gasteiger partial charge in [-0.3, -0.25) is 4.79 Å². The average molecular weight is 269 g/mol. The minimum atomic E-state index is -0.118. The molecule has 1 aliphatic heterocycles. The van der Waals surface area contributed by atoms with Crippen LogP contribution in [0.25, 0.3) is 0 Å². The summed E-state index contributed by atoms with van der Waals surface area (Å²) in [6, 6.07) is -0.118. The van der Waals surface area contributed by atoms with E-state index in [9.17, 15) is 4.79 Å². The molecule has 1 amide bonds. The number of nitrogens with zero attached hydrogens (tertiary/aromatic N) is 1. The maximum Gasteiger partial charge on any atom is 0.237 e. The van der Waals surface area contributed by atoms with E-state index in [0.29, 0.717) is 6.54 Å². The van der Waals surface area contributed by atoms with Crippen molar-refractivity contribution in [3.63, 3.8) is 0 Å². The summed E-state index contributed by atoms with van der Waals surface area (Å²) >= 11 is 1.64. The molecular formula is C12H19N3O2S. The summed E-state index contributed by atoms with van der Waals surface area (Å²) in [5.41, 5.74) is 1.05. The van der Waals surface area contributed by atoms with Gasteiger partial charge in [0.2, 0.25) is 5.91 Å². The van der Waals surface area contributed by atoms with Gasteiger partial charge in [0.15, 0.2) is 0 Å². The summed E-state index contributed by atoms with van der Waals surface area (Å²) in [6.45, 7) is 3.37. The van der Waals surface area contributed by atoms with Crippen molar-refractivity contribution in [2.75, 3.05) is 20.2 Å². The second-order valence-corrected chi connectivity index (χ2v) is 5.52. The van der Waals surface area contributed by atoms with Crippen LogP contribution in [0, 0.1) is 6.92 Å². The van der Waals surface area contributed by atoms with Crippen LogP contribution in [0.5, 0.6) is 0 Å². The number of nitrogens with one attached hydrogen (secondary N) is 2. The number of aromatic nitrogens is 1. The Hall–Kier alpha value is -0.980. The van der Waals surface area contributed by atoms with Gasteiger partial charge in [-0.2, -0.15) is 0 Å². The van der Waals surface area contributed by atoms with Crippen LogP contribution in [0.2, 0.25) is 0 Å². The zero-order valence-electron chi connectivity index (χ0n) is 10.7. The molecule has 0 saturated carbocycles. The molecule has 1 saturated heterocycles. The van der Waals surface area contributed by atoms with Crippen LogP contribution < -0.4 is 10.6 Å². The topological polar surface area (TPSA) is 63.2 Å². The predicted molar refractivity (Wildman–Crippen MR) is 70.8 cm³/mol. The minimum absolute atomic E-state index is 0.0569. The zero-order valence-corrected chi connectivity index (χ0v) is 11.5. The third kappa shape index (κ3) is 3.51. The number of methoxy groups -OCH3 is 1. The second kappa shape index (κ2) is 6.26. The van der Waals surface area contributed by atoms with E-state index in [-0.39, 0.29) is 18.1 Å². The lowest BCUT2D eigenvalue weighted by Crippen LogP contribution is -2.41. The molecule has 2 rings (SSSR count). The van der Waals surface area contributed by atoms with Crippen molar-refractivity contribution in [2.24, 2.45) is 0 Å². The van der Waals surface area contributed by atoms with Gasteiger partial charge in [0, 0.05) is 32.0 Å². The average Bonchev–Trinajstić information content (AvgIpc) is 2.98. The highest BCUT2D eigenvalue weighted by molar-refractivity contribution is 7.09. The Balaban J connectivity index is 1.69. The van der Waals surface area contributed by atoms with Crippen LogP contribution in [0.15, 0.2) is 5.38 Å². The molecule has 1 aromatic rings. The Kier molecular flexibility index (Phi) is 4.68. The van der Waals surface area contributed by atoms with Gasteiger partial charge in [0.25, 0.3) is 0 Å². The number of amides is 1. The quantitative estimate of drug-likeness (QED) is 0.816. The Morgan fingerprint density at radius 2 is 2.56 bits per heavy atom. The van der Waals surface area contributed by atoms with E-state index in [1.54, 1.807) is 18.4 Å². The fourth-order valence-corrected chi connectivity index (χ4v) is 2.69. The smallest absolute Gasteiger partial charge is 0.237 e. The van der Waals surface area contributed by atoms with Gasteiger partial charge in [-0.25, -0.2) is 4.98 Å². The monoisotopic (exact) mass is 269 g/mol. The zero-order chi connectivity index (χ0) is 13.0. The summed E-state index contributed by atoms with van der Waals surface area (Å²) in [5.74, 6) is 0.0569. The number of hydrogen-bond acceptors (Lipinski definition) is 5. The summed E-state index contributed by atoms with van der Waals surface area (Å²) in [6.07, 6.45) is 1.69. The number of rotatable bonds is 5. The lowest BCUT2D eigenvalue weighted by molar-refractivity contribution is -0.122. The van der Waals surface area contributed by atoms with Gasteiger partial charge in [-0.05, 0) is 13.3 Å². The molecule has 6 heteroatoms. The predicted octanol–water partition coefficient (Wildman–Crippen LogP) is 0.487. The summed E-state index contributed by atoms with van der Waals surface area (Å²) in [5, 5.41) is 9.20. The van der Waals surface area contributed by atoms with Crippen molar-refractivity contribution in [1.29, 1.82) is 0 Å². The maximum absolute atomic E-state index is 11.9. The molecule has 0 bridgehead atoms. The van der Waals surface area contributed by atoms with Gasteiger partial charge in [-0.1, -0.05) is 0 Å². The molecule has 0 aromatic carbocycles. The molecule has 2 unspecified atom stereocenters. The van der Waals surface area contributed by atoms with E-state index in [4.69, 9.17) is 4.74 Å². The van der Waals surface area contributed by atoms with Crippen molar-refractivity contribution in [3.8, 4) is 0 Å². The molecule has 2 N–H and O–H groups in total. The van der Waals surface area contributed by atoms with Gasteiger partial charge in [0.1, 0.15) is 0 Å². The van der Waals surface area contributed by atoms with Crippen molar-refractivity contribution in [1.82, 2.24) is 15.6 Å². The van der Waals surface area contributed by atoms with Crippen LogP contribution in [0.3, 0.4) is 0 Å². The normalized spacial score (nSPS) is 23.2. The fraction of sp³-hybridized carbons (Fsp3) is 0.667. The van der Waals surface area contributed by atoms with Gasteiger partial charge in [-0.15, -0.1) is 11.3 Å². The van der Waals surface area contributed by atoms with Crippen LogP contribution in [-0.2, 0) is 16.0 Å². The van der Waals surface area contributed by atoms with Crippen molar-refractivity contribution in [3.05, 3.63) is 16.1 Å². The van der Waals surface area contributed by atoms with Gasteiger partial charge >= 0.3 is 0 Å². The van der Waals surface area contributed by atoms with Gasteiger partial charge < -0.3 is 15.4 Å². The summed E-state index contributed by atoms with van der Waals surface area (Å²) in [4.78, 5) is 16.2. The largest absolute Gasteiger partial charge is 0.380 e. The number of ether oxygens (including phenoxy) is 1. The van der Waals surface area contributed by atoms with E-state index in [1.165, 1.54) is 0 Å². The molecule has 0 spiro atoms. The Morgan fingerprint density at radius 1 is 1.72 bits per heavy atom. The molecule has 1 aliphatic rings. The first-order chi connectivity index (χ1) is 8.69. The molecule has 18 heavy (non-hydrogen) atoms. The number of hydrogen-bond donors (Lipinski definition) is 2. The lowest BCUT2D eigenvalue weighted by Gasteiger charge is -2.10. The molecule has 5 nitrogen and oxygen atoms in total. The highest BCUT2D eigenvalue weighted by atomic mass is 32.1. The Labute approximate surface area is 111 Å². The van der Waals surface area contributed by atoms with E-state index in [1.807, 2.05) is 12.3 Å². The number of carbonyl (C=O) groups is 1. The Morgan fingerprint density at radius 3 is 3.17 bits per heavy atom. The number of carbonyl (C=O) groups excluding carboxylic acids is 1. The second-order valence-electron chi connectivity index (χ2n) is 4.45. The van der Waals surface area contributed by atoms with Crippen molar-refractivity contribution < 1.29 is 9.53 Å². The molecule has 1 fully saturated rings. The minimum Gasteiger partial charge on any atom is -0.380 e. The molecule has 1 aromatic heterocycles.